The Morgan fingerprint density at radius 2 is 2.29 bits per heavy atom. The third kappa shape index (κ3) is 2.44. The maximum absolute atomic E-state index is 10.0. The van der Waals surface area contributed by atoms with E-state index in [1.807, 2.05) is 19.1 Å². The molecule has 0 heterocycles. The van der Waals surface area contributed by atoms with E-state index >= 15 is 0 Å². The number of carbonyl (C=O) groups excluding carboxylic acids is 1. The third-order valence-electron chi connectivity index (χ3n) is 1.83. The van der Waals surface area contributed by atoms with E-state index in [9.17, 15) is 4.79 Å². The zero-order valence-corrected chi connectivity index (χ0v) is 9.59. The molecular weight excluding hydrogens is 246 g/mol. The second-order valence-electron chi connectivity index (χ2n) is 2.82. The third-order valence-corrected chi connectivity index (χ3v) is 2.29. The number of nitrogens with zero attached hydrogens (tertiary/aromatic N) is 1. The lowest BCUT2D eigenvalue weighted by molar-refractivity contribution is 0.406. The Morgan fingerprint density at radius 1 is 1.57 bits per heavy atom. The molecule has 0 spiro atoms. The van der Waals surface area contributed by atoms with Crippen LogP contribution >= 0.6 is 15.9 Å². The van der Waals surface area contributed by atoms with E-state index in [2.05, 4.69) is 20.9 Å². The normalized spacial score (nSPS) is 9.36. The second-order valence-corrected chi connectivity index (χ2v) is 3.74. The molecule has 0 N–H and O–H groups in total. The maximum Gasteiger partial charge on any atom is 0.235 e. The van der Waals surface area contributed by atoms with Gasteiger partial charge in [0, 0.05) is 10.0 Å². The largest absolute Gasteiger partial charge is 0.496 e. The van der Waals surface area contributed by atoms with Crippen molar-refractivity contribution in [2.45, 2.75) is 13.5 Å². The van der Waals surface area contributed by atoms with Gasteiger partial charge in [-0.2, -0.15) is 0 Å². The number of rotatable bonds is 3. The quantitative estimate of drug-likeness (QED) is 0.615. The SMILES string of the molecule is COc1c(C)cc(Br)cc1CN=C=O. The number of aryl methyl sites for hydroxylation is 1. The van der Waals surface area contributed by atoms with Gasteiger partial charge in [0.1, 0.15) is 5.75 Å². The summed E-state index contributed by atoms with van der Waals surface area (Å²) in [7, 11) is 1.60. The first-order valence-electron chi connectivity index (χ1n) is 4.05. The molecule has 3 nitrogen and oxygen atoms in total. The van der Waals surface area contributed by atoms with Crippen molar-refractivity contribution in [1.82, 2.24) is 0 Å². The Bertz CT molecular complexity index is 384. The van der Waals surface area contributed by atoms with Crippen LogP contribution in [0.15, 0.2) is 21.6 Å². The van der Waals surface area contributed by atoms with Crippen molar-refractivity contribution < 1.29 is 9.53 Å². The van der Waals surface area contributed by atoms with E-state index in [4.69, 9.17) is 4.74 Å². The first-order valence-corrected chi connectivity index (χ1v) is 4.85. The van der Waals surface area contributed by atoms with Crippen LogP contribution < -0.4 is 4.74 Å². The summed E-state index contributed by atoms with van der Waals surface area (Å²) in [6, 6.07) is 3.83. The molecule has 1 aromatic carbocycles. The van der Waals surface area contributed by atoms with Crippen molar-refractivity contribution in [3.63, 3.8) is 0 Å². The van der Waals surface area contributed by atoms with Crippen LogP contribution in [0.5, 0.6) is 5.75 Å². The van der Waals surface area contributed by atoms with Crippen LogP contribution in [0, 0.1) is 6.92 Å². The molecule has 74 valence electrons. The number of hydrogen-bond acceptors (Lipinski definition) is 3. The van der Waals surface area contributed by atoms with Gasteiger partial charge < -0.3 is 4.74 Å². The minimum atomic E-state index is 0.299. The average Bonchev–Trinajstić information content (AvgIpc) is 2.14. The van der Waals surface area contributed by atoms with Gasteiger partial charge >= 0.3 is 0 Å². The molecule has 0 aromatic heterocycles. The summed E-state index contributed by atoms with van der Waals surface area (Å²) in [5.74, 6) is 0.771. The van der Waals surface area contributed by atoms with Gasteiger partial charge in [-0.25, -0.2) is 9.79 Å². The van der Waals surface area contributed by atoms with Crippen LogP contribution in [0.2, 0.25) is 0 Å². The van der Waals surface area contributed by atoms with Gasteiger partial charge in [0.15, 0.2) is 0 Å². The molecule has 0 unspecified atom stereocenters. The van der Waals surface area contributed by atoms with Gasteiger partial charge in [0.05, 0.1) is 13.7 Å². The lowest BCUT2D eigenvalue weighted by atomic mass is 10.1. The molecule has 0 radical (unpaired) electrons. The monoisotopic (exact) mass is 255 g/mol. The Balaban J connectivity index is 3.17. The van der Waals surface area contributed by atoms with Crippen LogP contribution in [0.1, 0.15) is 11.1 Å². The predicted octanol–water partition coefficient (Wildman–Crippen LogP) is 2.60. The highest BCUT2D eigenvalue weighted by atomic mass is 79.9. The van der Waals surface area contributed by atoms with Crippen molar-refractivity contribution in [2.24, 2.45) is 4.99 Å². The van der Waals surface area contributed by atoms with Gasteiger partial charge in [-0.1, -0.05) is 15.9 Å². The van der Waals surface area contributed by atoms with Crippen LogP contribution in [0.3, 0.4) is 0 Å². The molecule has 0 aliphatic carbocycles. The highest BCUT2D eigenvalue weighted by molar-refractivity contribution is 9.10. The molecule has 0 fully saturated rings. The van der Waals surface area contributed by atoms with Crippen molar-refractivity contribution >= 4 is 22.0 Å². The van der Waals surface area contributed by atoms with E-state index < -0.39 is 0 Å². The second kappa shape index (κ2) is 4.94. The highest BCUT2D eigenvalue weighted by Gasteiger charge is 2.06. The summed E-state index contributed by atoms with van der Waals surface area (Å²) in [5, 5.41) is 0. The van der Waals surface area contributed by atoms with Crippen LogP contribution in [0.4, 0.5) is 0 Å². The van der Waals surface area contributed by atoms with Gasteiger partial charge in [-0.05, 0) is 24.6 Å². The van der Waals surface area contributed by atoms with E-state index in [0.717, 1.165) is 21.3 Å². The zero-order valence-electron chi connectivity index (χ0n) is 8.00. The highest BCUT2D eigenvalue weighted by Crippen LogP contribution is 2.28. The number of isocyanates is 1. The molecule has 0 atom stereocenters. The van der Waals surface area contributed by atoms with Gasteiger partial charge in [0.2, 0.25) is 6.08 Å². The molecule has 1 rings (SSSR count). The fourth-order valence-corrected chi connectivity index (χ4v) is 1.95. The van der Waals surface area contributed by atoms with E-state index in [1.165, 1.54) is 6.08 Å². The smallest absolute Gasteiger partial charge is 0.235 e. The Hall–Kier alpha value is -1.12. The van der Waals surface area contributed by atoms with E-state index in [-0.39, 0.29) is 0 Å². The van der Waals surface area contributed by atoms with Crippen molar-refractivity contribution in [3.05, 3.63) is 27.7 Å². The van der Waals surface area contributed by atoms with E-state index in [1.54, 1.807) is 7.11 Å². The number of halogens is 1. The molecule has 0 saturated carbocycles. The Kier molecular flexibility index (Phi) is 3.86. The van der Waals surface area contributed by atoms with Gasteiger partial charge in [0.25, 0.3) is 0 Å². The summed E-state index contributed by atoms with van der Waals surface area (Å²) >= 11 is 3.37. The molecule has 14 heavy (non-hydrogen) atoms. The number of ether oxygens (including phenoxy) is 1. The van der Waals surface area contributed by atoms with Gasteiger partial charge in [-0.3, -0.25) is 0 Å². The van der Waals surface area contributed by atoms with Crippen LogP contribution in [-0.4, -0.2) is 13.2 Å². The van der Waals surface area contributed by atoms with E-state index in [0.29, 0.717) is 6.54 Å². The molecule has 0 amide bonds. The van der Waals surface area contributed by atoms with Gasteiger partial charge in [-0.15, -0.1) is 0 Å². The first-order chi connectivity index (χ1) is 6.69. The Labute approximate surface area is 90.9 Å². The number of methoxy groups -OCH3 is 1. The molecule has 0 aliphatic rings. The topological polar surface area (TPSA) is 38.7 Å². The summed E-state index contributed by atoms with van der Waals surface area (Å²) in [5.41, 5.74) is 1.89. The molecule has 0 bridgehead atoms. The maximum atomic E-state index is 10.0. The summed E-state index contributed by atoms with van der Waals surface area (Å²) in [6.07, 6.45) is 1.51. The van der Waals surface area contributed by atoms with Crippen molar-refractivity contribution in [2.75, 3.05) is 7.11 Å². The molecule has 4 heteroatoms. The number of aliphatic imine (C=N–C) groups is 1. The van der Waals surface area contributed by atoms with Crippen LogP contribution in [-0.2, 0) is 11.3 Å². The minimum absolute atomic E-state index is 0.299. The lowest BCUT2D eigenvalue weighted by Gasteiger charge is -2.09. The fraction of sp³-hybridized carbons (Fsp3) is 0.300. The molecule has 0 saturated heterocycles. The predicted molar refractivity (Wildman–Crippen MR) is 57.3 cm³/mol. The molecule has 1 aromatic rings. The first kappa shape index (κ1) is 11.0. The average molecular weight is 256 g/mol. The number of benzene rings is 1. The summed E-state index contributed by atoms with van der Waals surface area (Å²) in [4.78, 5) is 13.5. The Morgan fingerprint density at radius 3 is 2.86 bits per heavy atom. The molecular formula is C10H10BrNO2. The summed E-state index contributed by atoms with van der Waals surface area (Å²) < 4.78 is 6.17. The lowest BCUT2D eigenvalue weighted by Crippen LogP contribution is -1.94. The fourth-order valence-electron chi connectivity index (χ4n) is 1.33. The molecule has 0 aliphatic heterocycles. The standard InChI is InChI=1S/C10H10BrNO2/c1-7-3-9(11)4-8(5-12-6-13)10(7)14-2/h3-4H,5H2,1-2H3. The van der Waals surface area contributed by atoms with Crippen molar-refractivity contribution in [3.8, 4) is 5.75 Å². The summed E-state index contributed by atoms with van der Waals surface area (Å²) in [6.45, 7) is 2.24. The minimum Gasteiger partial charge on any atom is -0.496 e. The number of hydrogen-bond donors (Lipinski definition) is 0. The zero-order chi connectivity index (χ0) is 10.6. The van der Waals surface area contributed by atoms with Crippen LogP contribution in [0.25, 0.3) is 0 Å². The van der Waals surface area contributed by atoms with Crippen molar-refractivity contribution in [1.29, 1.82) is 0 Å².